The molecule has 0 spiro atoms. The van der Waals surface area contributed by atoms with E-state index in [1.807, 2.05) is 24.3 Å². The summed E-state index contributed by atoms with van der Waals surface area (Å²) in [4.78, 5) is 27.9. The molecule has 0 unspecified atom stereocenters. The third-order valence-electron chi connectivity index (χ3n) is 4.23. The van der Waals surface area contributed by atoms with Crippen LogP contribution in [-0.4, -0.2) is 24.7 Å². The van der Waals surface area contributed by atoms with Gasteiger partial charge in [-0.2, -0.15) is 0 Å². The second-order valence-electron chi connectivity index (χ2n) is 6.42. The third kappa shape index (κ3) is 4.69. The van der Waals surface area contributed by atoms with Crippen molar-refractivity contribution in [3.8, 4) is 5.69 Å². The van der Waals surface area contributed by atoms with Crippen molar-refractivity contribution < 1.29 is 4.39 Å². The largest absolute Gasteiger partial charge is 0.325 e. The highest BCUT2D eigenvalue weighted by Gasteiger charge is 2.16. The van der Waals surface area contributed by atoms with Crippen molar-refractivity contribution in [3.63, 3.8) is 0 Å². The van der Waals surface area contributed by atoms with E-state index in [0.29, 0.717) is 33.1 Å². The minimum absolute atomic E-state index is 0.172. The van der Waals surface area contributed by atoms with Crippen molar-refractivity contribution in [1.29, 1.82) is 0 Å². The Bertz CT molecular complexity index is 1250. The van der Waals surface area contributed by atoms with Crippen LogP contribution in [0.25, 0.3) is 5.69 Å². The lowest BCUT2D eigenvalue weighted by Gasteiger charge is -2.10. The summed E-state index contributed by atoms with van der Waals surface area (Å²) in [5.74, 6) is 0.766. The van der Waals surface area contributed by atoms with Crippen LogP contribution in [0, 0.1) is 5.82 Å². The molecular weight excluding hydrogens is 429 g/mol. The van der Waals surface area contributed by atoms with Crippen molar-refractivity contribution in [1.82, 2.24) is 24.7 Å². The Morgan fingerprint density at radius 3 is 2.43 bits per heavy atom. The normalized spacial score (nSPS) is 11.0. The third-order valence-corrected chi connectivity index (χ3v) is 5.48. The summed E-state index contributed by atoms with van der Waals surface area (Å²) >= 11 is 7.39. The Kier molecular flexibility index (Phi) is 5.82. The first-order valence-corrected chi connectivity index (χ1v) is 10.2. The zero-order chi connectivity index (χ0) is 21.1. The molecule has 152 valence electrons. The van der Waals surface area contributed by atoms with Gasteiger partial charge in [-0.3, -0.25) is 14.3 Å². The topological polar surface area (TPSA) is 96.4 Å². The lowest BCUT2D eigenvalue weighted by molar-refractivity contribution is 0.627. The number of benzene rings is 2. The molecule has 10 heteroatoms. The summed E-state index contributed by atoms with van der Waals surface area (Å²) in [6.07, 6.45) is 0.172. The second kappa shape index (κ2) is 8.68. The molecule has 0 bridgehead atoms. The van der Waals surface area contributed by atoms with Crippen molar-refractivity contribution in [2.24, 2.45) is 0 Å². The fraction of sp³-hybridized carbons (Fsp3) is 0.100. The molecule has 0 aliphatic heterocycles. The fourth-order valence-corrected chi connectivity index (χ4v) is 3.92. The van der Waals surface area contributed by atoms with Gasteiger partial charge in [0.05, 0.1) is 0 Å². The lowest BCUT2D eigenvalue weighted by atomic mass is 10.2. The molecule has 0 atom stereocenters. The van der Waals surface area contributed by atoms with E-state index in [9.17, 15) is 14.0 Å². The van der Waals surface area contributed by atoms with E-state index in [4.69, 9.17) is 11.6 Å². The number of aromatic amines is 2. The molecular formula is C20H15ClFN5O2S. The predicted molar refractivity (Wildman–Crippen MR) is 113 cm³/mol. The number of hydrogen-bond acceptors (Lipinski definition) is 5. The summed E-state index contributed by atoms with van der Waals surface area (Å²) in [6, 6.07) is 14.7. The van der Waals surface area contributed by atoms with Gasteiger partial charge in [-0.15, -0.1) is 10.2 Å². The molecule has 2 N–H and O–H groups in total. The number of thioether (sulfide) groups is 1. The van der Waals surface area contributed by atoms with Crippen LogP contribution >= 0.6 is 23.4 Å². The highest BCUT2D eigenvalue weighted by atomic mass is 35.5. The first kappa shape index (κ1) is 20.1. The molecule has 0 saturated carbocycles. The van der Waals surface area contributed by atoms with Gasteiger partial charge in [-0.1, -0.05) is 35.5 Å². The molecule has 4 rings (SSSR count). The van der Waals surface area contributed by atoms with Crippen LogP contribution in [0.5, 0.6) is 0 Å². The van der Waals surface area contributed by atoms with Crippen molar-refractivity contribution in [3.05, 3.63) is 103 Å². The molecule has 2 aromatic heterocycles. The van der Waals surface area contributed by atoms with Crippen LogP contribution in [0.1, 0.15) is 17.1 Å². The number of aromatic nitrogens is 5. The molecule has 2 heterocycles. The van der Waals surface area contributed by atoms with Crippen LogP contribution < -0.4 is 11.2 Å². The van der Waals surface area contributed by atoms with Gasteiger partial charge in [0.25, 0.3) is 5.56 Å². The van der Waals surface area contributed by atoms with E-state index < -0.39 is 11.2 Å². The van der Waals surface area contributed by atoms with Crippen LogP contribution in [0.2, 0.25) is 5.02 Å². The molecule has 4 aromatic rings. The van der Waals surface area contributed by atoms with Gasteiger partial charge in [-0.25, -0.2) is 9.18 Å². The molecule has 0 radical (unpaired) electrons. The maximum atomic E-state index is 13.4. The highest BCUT2D eigenvalue weighted by molar-refractivity contribution is 7.98. The van der Waals surface area contributed by atoms with Gasteiger partial charge < -0.3 is 4.98 Å². The molecule has 0 aliphatic rings. The van der Waals surface area contributed by atoms with E-state index in [-0.39, 0.29) is 12.2 Å². The van der Waals surface area contributed by atoms with Gasteiger partial charge in [-0.05, 0) is 42.0 Å². The highest BCUT2D eigenvalue weighted by Crippen LogP contribution is 2.26. The maximum absolute atomic E-state index is 13.4. The summed E-state index contributed by atoms with van der Waals surface area (Å²) in [5.41, 5.74) is 1.02. The Morgan fingerprint density at radius 1 is 1.00 bits per heavy atom. The zero-order valence-electron chi connectivity index (χ0n) is 15.4. The quantitative estimate of drug-likeness (QED) is 0.446. The number of hydrogen-bond donors (Lipinski definition) is 2. The van der Waals surface area contributed by atoms with Crippen molar-refractivity contribution in [2.75, 3.05) is 0 Å². The minimum Gasteiger partial charge on any atom is -0.311 e. The molecule has 7 nitrogen and oxygen atoms in total. The predicted octanol–water partition coefficient (Wildman–Crippen LogP) is 3.32. The Morgan fingerprint density at radius 2 is 1.73 bits per heavy atom. The summed E-state index contributed by atoms with van der Waals surface area (Å²) in [6.45, 7) is 0. The molecule has 0 aliphatic carbocycles. The molecule has 0 fully saturated rings. The Labute approximate surface area is 179 Å². The van der Waals surface area contributed by atoms with Crippen LogP contribution in [0.4, 0.5) is 4.39 Å². The molecule has 0 saturated heterocycles. The van der Waals surface area contributed by atoms with E-state index in [1.54, 1.807) is 16.7 Å². The first-order valence-electron chi connectivity index (χ1n) is 8.88. The number of H-pyrrole nitrogens is 2. The molecule has 2 aromatic carbocycles. The summed E-state index contributed by atoms with van der Waals surface area (Å²) in [7, 11) is 0. The van der Waals surface area contributed by atoms with E-state index >= 15 is 0 Å². The van der Waals surface area contributed by atoms with Gasteiger partial charge in [0.2, 0.25) is 0 Å². The zero-order valence-corrected chi connectivity index (χ0v) is 17.0. The average Bonchev–Trinajstić information content (AvgIpc) is 3.10. The summed E-state index contributed by atoms with van der Waals surface area (Å²) < 4.78 is 15.2. The maximum Gasteiger partial charge on any atom is 0.325 e. The number of rotatable bonds is 6. The first-order chi connectivity index (χ1) is 14.5. The van der Waals surface area contributed by atoms with Crippen molar-refractivity contribution >= 4 is 23.4 Å². The van der Waals surface area contributed by atoms with E-state index in [0.717, 1.165) is 5.56 Å². The average molecular weight is 444 g/mol. The van der Waals surface area contributed by atoms with Crippen LogP contribution in [0.3, 0.4) is 0 Å². The Hall–Kier alpha value is -3.17. The number of nitrogens with zero attached hydrogens (tertiary/aromatic N) is 3. The lowest BCUT2D eigenvalue weighted by Crippen LogP contribution is -2.23. The molecule has 0 amide bonds. The van der Waals surface area contributed by atoms with Gasteiger partial charge >= 0.3 is 5.69 Å². The standard InChI is InChI=1S/C20H15ClFN5O2S/c21-13-3-1-12(2-4-13)11-30-20-26-25-17(9-15-10-18(28)24-19(29)23-15)27(20)16-7-5-14(22)6-8-16/h1-8,10H,9,11H2,(H2,23,24,28,29). The smallest absolute Gasteiger partial charge is 0.311 e. The summed E-state index contributed by atoms with van der Waals surface area (Å²) in [5, 5.41) is 9.76. The van der Waals surface area contributed by atoms with Gasteiger partial charge in [0.1, 0.15) is 11.6 Å². The minimum atomic E-state index is -0.595. The number of nitrogens with one attached hydrogen (secondary N) is 2. The van der Waals surface area contributed by atoms with E-state index in [2.05, 4.69) is 20.2 Å². The van der Waals surface area contributed by atoms with Crippen LogP contribution in [-0.2, 0) is 12.2 Å². The van der Waals surface area contributed by atoms with Gasteiger partial charge in [0.15, 0.2) is 5.16 Å². The van der Waals surface area contributed by atoms with Crippen LogP contribution in [0.15, 0.2) is 69.3 Å². The Balaban J connectivity index is 1.69. The van der Waals surface area contributed by atoms with Crippen molar-refractivity contribution in [2.45, 2.75) is 17.3 Å². The van der Waals surface area contributed by atoms with Gasteiger partial charge in [0, 0.05) is 34.6 Å². The monoisotopic (exact) mass is 443 g/mol. The fourth-order valence-electron chi connectivity index (χ4n) is 2.87. The number of halogens is 2. The molecule has 30 heavy (non-hydrogen) atoms. The van der Waals surface area contributed by atoms with E-state index in [1.165, 1.54) is 30.0 Å². The second-order valence-corrected chi connectivity index (χ2v) is 7.79. The SMILES string of the molecule is O=c1cc(Cc2nnc(SCc3ccc(Cl)cc3)n2-c2ccc(F)cc2)[nH]c(=O)[nH]1.